The van der Waals surface area contributed by atoms with Crippen LogP contribution in [0.3, 0.4) is 0 Å². The number of benzene rings is 1. The van der Waals surface area contributed by atoms with Crippen LogP contribution < -0.4 is 15.8 Å². The molecule has 1 fully saturated rings. The van der Waals surface area contributed by atoms with Crippen molar-refractivity contribution < 1.29 is 13.9 Å². The Hall–Kier alpha value is -4.54. The molecule has 0 spiro atoms. The minimum atomic E-state index is -0.538. The van der Waals surface area contributed by atoms with Gasteiger partial charge in [-0.05, 0) is 62.7 Å². The summed E-state index contributed by atoms with van der Waals surface area (Å²) in [4.78, 5) is 33.7. The summed E-state index contributed by atoms with van der Waals surface area (Å²) in [6.07, 6.45) is 4.95. The highest BCUT2D eigenvalue weighted by atomic mass is 19.1. The summed E-state index contributed by atoms with van der Waals surface area (Å²) < 4.78 is 22.8. The third kappa shape index (κ3) is 5.18. The summed E-state index contributed by atoms with van der Waals surface area (Å²) in [7, 11) is 0. The van der Waals surface area contributed by atoms with Crippen LogP contribution >= 0.6 is 0 Å². The van der Waals surface area contributed by atoms with Gasteiger partial charge in [-0.15, -0.1) is 0 Å². The third-order valence-corrected chi connectivity index (χ3v) is 6.93. The van der Waals surface area contributed by atoms with Gasteiger partial charge in [-0.25, -0.2) is 19.2 Å². The molecule has 0 atom stereocenters. The van der Waals surface area contributed by atoms with Gasteiger partial charge in [0.2, 0.25) is 0 Å². The Morgan fingerprint density at radius 3 is 2.52 bits per heavy atom. The number of pyridine rings is 2. The number of aromatic nitrogens is 4. The number of fused-ring (bicyclic) bond motifs is 3. The molecule has 4 aliphatic heterocycles. The van der Waals surface area contributed by atoms with Crippen molar-refractivity contribution >= 4 is 23.3 Å². The number of rotatable bonds is 3. The molecule has 1 aromatic heterocycles. The Bertz CT molecular complexity index is 1590. The molecule has 6 rings (SSSR count). The van der Waals surface area contributed by atoms with Crippen LogP contribution in [-0.2, 0) is 11.3 Å². The first-order chi connectivity index (χ1) is 19.2. The summed E-state index contributed by atoms with van der Waals surface area (Å²) in [6.45, 7) is 9.27. The maximum Gasteiger partial charge on any atom is 0.410 e. The highest BCUT2D eigenvalue weighted by molar-refractivity contribution is 5.82. The largest absolute Gasteiger partial charge is 0.444 e. The van der Waals surface area contributed by atoms with Gasteiger partial charge in [0.1, 0.15) is 22.9 Å². The summed E-state index contributed by atoms with van der Waals surface area (Å²) in [5, 5.41) is 3.45. The first-order valence-electron chi connectivity index (χ1n) is 13.4. The Morgan fingerprint density at radius 2 is 1.80 bits per heavy atom. The van der Waals surface area contributed by atoms with Gasteiger partial charge in [-0.3, -0.25) is 4.98 Å². The van der Waals surface area contributed by atoms with E-state index in [0.717, 1.165) is 47.1 Å². The molecule has 1 N–H and O–H groups in total. The molecule has 5 heterocycles. The lowest BCUT2D eigenvalue weighted by atomic mass is 10.0. The molecular weight excluding hydrogens is 511 g/mol. The number of anilines is 2. The minimum absolute atomic E-state index is 0.170. The molecule has 2 aromatic rings. The zero-order valence-corrected chi connectivity index (χ0v) is 22.8. The number of piperazine rings is 1. The van der Waals surface area contributed by atoms with Gasteiger partial charge in [-0.1, -0.05) is 0 Å². The summed E-state index contributed by atoms with van der Waals surface area (Å²) in [5.41, 5.74) is 3.55. The van der Waals surface area contributed by atoms with Crippen molar-refractivity contribution in [2.75, 3.05) is 42.9 Å². The molecule has 40 heavy (non-hydrogen) atoms. The molecule has 0 unspecified atom stereocenters. The van der Waals surface area contributed by atoms with Crippen molar-refractivity contribution in [1.29, 1.82) is 0 Å². The van der Waals surface area contributed by atoms with Crippen molar-refractivity contribution in [1.82, 2.24) is 24.4 Å². The lowest BCUT2D eigenvalue weighted by Gasteiger charge is -2.36. The topological polar surface area (TPSA) is 101 Å². The van der Waals surface area contributed by atoms with Gasteiger partial charge in [0.05, 0.1) is 0 Å². The lowest BCUT2D eigenvalue weighted by molar-refractivity contribution is 0.0240. The number of amides is 1. The van der Waals surface area contributed by atoms with E-state index in [9.17, 15) is 4.79 Å². The van der Waals surface area contributed by atoms with E-state index in [0.29, 0.717) is 26.2 Å². The van der Waals surface area contributed by atoms with Gasteiger partial charge >= 0.3 is 6.09 Å². The monoisotopic (exact) mass is 542 g/mol. The summed E-state index contributed by atoms with van der Waals surface area (Å²) in [5.74, 6) is 1.26. The molecule has 11 heteroatoms. The van der Waals surface area contributed by atoms with Crippen LogP contribution in [0.25, 0.3) is 22.5 Å². The Balaban J connectivity index is 1.23. The number of hydrogen-bond donors (Lipinski definition) is 1. The van der Waals surface area contributed by atoms with Crippen LogP contribution in [0.1, 0.15) is 20.8 Å². The number of nitrogens with one attached hydrogen (secondary N) is 1. The number of halogens is 1. The molecule has 0 saturated carbocycles. The van der Waals surface area contributed by atoms with Crippen LogP contribution in [0.15, 0.2) is 60.0 Å². The highest BCUT2D eigenvalue weighted by Gasteiger charge is 2.26. The van der Waals surface area contributed by atoms with E-state index in [1.165, 1.54) is 6.07 Å². The lowest BCUT2D eigenvalue weighted by Crippen LogP contribution is -2.50. The molecule has 1 amide bonds. The second kappa shape index (κ2) is 10.2. The van der Waals surface area contributed by atoms with Crippen molar-refractivity contribution in [3.8, 4) is 22.5 Å². The number of nitrogens with zero attached hydrogens (tertiary/aromatic N) is 7. The third-order valence-electron chi connectivity index (χ3n) is 6.93. The predicted molar refractivity (Wildman–Crippen MR) is 150 cm³/mol. The summed E-state index contributed by atoms with van der Waals surface area (Å²) in [6, 6.07) is 10.9. The van der Waals surface area contributed by atoms with E-state index in [2.05, 4.69) is 35.9 Å². The fourth-order valence-electron chi connectivity index (χ4n) is 5.03. The molecule has 1 aromatic carbocycles. The van der Waals surface area contributed by atoms with Crippen LogP contribution in [0.4, 0.5) is 26.4 Å². The second-order valence-corrected chi connectivity index (χ2v) is 10.9. The average Bonchev–Trinajstić information content (AvgIpc) is 3.44. The molecule has 0 bridgehead atoms. The number of ether oxygens (including phenoxy) is 1. The minimum Gasteiger partial charge on any atom is -0.444 e. The zero-order chi connectivity index (χ0) is 27.9. The van der Waals surface area contributed by atoms with E-state index in [1.54, 1.807) is 29.6 Å². The highest BCUT2D eigenvalue weighted by Crippen LogP contribution is 2.36. The Labute approximate surface area is 231 Å². The Kier molecular flexibility index (Phi) is 6.57. The fraction of sp³-hybridized carbons (Fsp3) is 0.345. The van der Waals surface area contributed by atoms with Crippen LogP contribution in [0, 0.1) is 5.82 Å². The van der Waals surface area contributed by atoms with Crippen molar-refractivity contribution in [2.45, 2.75) is 32.9 Å². The van der Waals surface area contributed by atoms with Crippen molar-refractivity contribution in [2.24, 2.45) is 4.99 Å². The van der Waals surface area contributed by atoms with Crippen LogP contribution in [0.5, 0.6) is 0 Å². The molecular formula is C29H31FN8O2. The quantitative estimate of drug-likeness (QED) is 0.412. The van der Waals surface area contributed by atoms with E-state index < -0.39 is 11.4 Å². The normalized spacial score (nSPS) is 15.8. The van der Waals surface area contributed by atoms with Crippen LogP contribution in [0.2, 0.25) is 0 Å². The van der Waals surface area contributed by atoms with E-state index >= 15 is 4.39 Å². The van der Waals surface area contributed by atoms with Gasteiger partial charge in [0.15, 0.2) is 5.82 Å². The van der Waals surface area contributed by atoms with Gasteiger partial charge in [0.25, 0.3) is 5.62 Å². The zero-order valence-electron chi connectivity index (χ0n) is 22.8. The molecule has 0 aliphatic carbocycles. The standard InChI is InChI=1S/C29H31FN8O2/c1-29(2,3)40-28(39)37-14-12-36(13-15-37)21-4-5-24(23(30)17-21)34-27-33-18-20-16-22(19-6-8-31-9-7-19)26-32-10-11-38(26)25(20)35-27/h4-9,16-18,32H,10-15H2,1-3H3. The summed E-state index contributed by atoms with van der Waals surface area (Å²) >= 11 is 0. The van der Waals surface area contributed by atoms with E-state index in [4.69, 9.17) is 4.74 Å². The first kappa shape index (κ1) is 25.7. The number of hydrogen-bond acceptors (Lipinski definition) is 8. The van der Waals surface area contributed by atoms with Crippen molar-refractivity contribution in [3.63, 3.8) is 0 Å². The molecule has 4 aliphatic rings. The molecule has 1 saturated heterocycles. The maximum atomic E-state index is 15.2. The van der Waals surface area contributed by atoms with E-state index in [1.807, 2.05) is 43.9 Å². The average molecular weight is 543 g/mol. The van der Waals surface area contributed by atoms with Crippen molar-refractivity contribution in [3.05, 3.63) is 66.4 Å². The number of carbonyl (C=O) groups is 1. The van der Waals surface area contributed by atoms with E-state index in [-0.39, 0.29) is 17.4 Å². The SMILES string of the molecule is CC(C)(C)OC(=O)N1CCN(c2ccc(N=c3ncc4cc(-c5ccncc5)c5n(c-4n3)CCN5)c(F)c2)CC1. The first-order valence-corrected chi connectivity index (χ1v) is 13.4. The second-order valence-electron chi connectivity index (χ2n) is 10.9. The molecule has 0 radical (unpaired) electrons. The fourth-order valence-corrected chi connectivity index (χ4v) is 5.03. The van der Waals surface area contributed by atoms with Gasteiger partial charge in [-0.2, -0.15) is 4.98 Å². The Morgan fingerprint density at radius 1 is 1.02 bits per heavy atom. The smallest absolute Gasteiger partial charge is 0.410 e. The van der Waals surface area contributed by atoms with Gasteiger partial charge in [0, 0.05) is 74.7 Å². The predicted octanol–water partition coefficient (Wildman–Crippen LogP) is 4.30. The maximum absolute atomic E-state index is 15.2. The van der Waals surface area contributed by atoms with Gasteiger partial charge < -0.3 is 24.4 Å². The molecule has 10 nitrogen and oxygen atoms in total. The molecule has 206 valence electrons. The number of carbonyl (C=O) groups excluding carboxylic acids is 1. The van der Waals surface area contributed by atoms with Crippen LogP contribution in [-0.4, -0.2) is 68.8 Å².